The molecule has 2 heterocycles. The number of benzene rings is 3. The van der Waals surface area contributed by atoms with Gasteiger partial charge in [-0.05, 0) is 23.3 Å². The van der Waals surface area contributed by atoms with Crippen molar-refractivity contribution >= 4 is 38.8 Å². The summed E-state index contributed by atoms with van der Waals surface area (Å²) in [7, 11) is 0. The quantitative estimate of drug-likeness (QED) is 0.621. The van der Waals surface area contributed by atoms with Gasteiger partial charge in [0.2, 0.25) is 0 Å². The van der Waals surface area contributed by atoms with E-state index in [0.717, 1.165) is 15.6 Å². The number of thioether (sulfide) groups is 1. The summed E-state index contributed by atoms with van der Waals surface area (Å²) in [6, 6.07) is 26.6. The molecule has 1 saturated heterocycles. The van der Waals surface area contributed by atoms with Crippen molar-refractivity contribution in [2.24, 2.45) is 4.99 Å². The van der Waals surface area contributed by atoms with Gasteiger partial charge in [0.05, 0.1) is 5.75 Å². The first kappa shape index (κ1) is 18.6. The molecule has 0 saturated carbocycles. The maximum atomic E-state index is 14.0. The van der Waals surface area contributed by atoms with E-state index < -0.39 is 11.3 Å². The number of aliphatic hydroxyl groups is 1. The minimum absolute atomic E-state index is 0.236. The molecular weight excluding hydrogens is 448 g/mol. The van der Waals surface area contributed by atoms with E-state index in [1.807, 2.05) is 84.9 Å². The second-order valence-electron chi connectivity index (χ2n) is 7.09. The van der Waals surface area contributed by atoms with E-state index in [1.165, 1.54) is 16.7 Å². The molecule has 1 atom stereocenters. The first-order valence-electron chi connectivity index (χ1n) is 9.22. The lowest BCUT2D eigenvalue weighted by Crippen LogP contribution is -2.51. The number of hydrogen-bond donors (Lipinski definition) is 1. The molecule has 144 valence electrons. The molecule has 1 fully saturated rings. The first-order valence-corrected chi connectivity index (χ1v) is 11.0. The summed E-state index contributed by atoms with van der Waals surface area (Å²) in [5, 5.41) is 12.2. The molecule has 0 spiro atoms. The van der Waals surface area contributed by atoms with Crippen molar-refractivity contribution in [3.8, 4) is 0 Å². The molecular formula is C23H17BrN2O2S. The van der Waals surface area contributed by atoms with Gasteiger partial charge in [0.1, 0.15) is 0 Å². The summed E-state index contributed by atoms with van der Waals surface area (Å²) < 4.78 is 0.917. The maximum Gasteiger partial charge on any atom is 0.268 e. The molecule has 0 aliphatic carbocycles. The average Bonchev–Trinajstić information content (AvgIpc) is 3.26. The van der Waals surface area contributed by atoms with Crippen molar-refractivity contribution in [2.75, 3.05) is 5.75 Å². The third-order valence-electron chi connectivity index (χ3n) is 5.43. The van der Waals surface area contributed by atoms with Crippen LogP contribution >= 0.6 is 27.7 Å². The maximum absolute atomic E-state index is 14.0. The first-order chi connectivity index (χ1) is 14.1. The highest BCUT2D eigenvalue weighted by atomic mass is 79.9. The van der Waals surface area contributed by atoms with Crippen molar-refractivity contribution in [1.82, 2.24) is 4.90 Å². The van der Waals surface area contributed by atoms with Crippen LogP contribution in [0.15, 0.2) is 94.4 Å². The molecule has 0 aromatic heterocycles. The number of rotatable bonds is 3. The third kappa shape index (κ3) is 2.70. The normalized spacial score (nSPS) is 22.5. The molecule has 5 rings (SSSR count). The average molecular weight is 465 g/mol. The molecule has 4 nitrogen and oxygen atoms in total. The van der Waals surface area contributed by atoms with Gasteiger partial charge in [0, 0.05) is 10.0 Å². The zero-order valence-corrected chi connectivity index (χ0v) is 17.7. The molecule has 3 aromatic rings. The van der Waals surface area contributed by atoms with E-state index in [9.17, 15) is 9.90 Å². The Kier molecular flexibility index (Phi) is 4.38. The number of amides is 1. The Hall–Kier alpha value is -2.41. The summed E-state index contributed by atoms with van der Waals surface area (Å²) in [6.45, 7) is 0. The van der Waals surface area contributed by atoms with E-state index in [-0.39, 0.29) is 5.91 Å². The molecule has 2 aliphatic rings. The van der Waals surface area contributed by atoms with Crippen molar-refractivity contribution in [3.63, 3.8) is 0 Å². The SMILES string of the molecule is O=C1N2C(=NC1(c1ccccc1)c1ccccc1)SCC2(O)c1ccc(Br)cc1. The smallest absolute Gasteiger partial charge is 0.268 e. The third-order valence-corrected chi connectivity index (χ3v) is 7.04. The van der Waals surface area contributed by atoms with Crippen LogP contribution in [0.2, 0.25) is 0 Å². The lowest BCUT2D eigenvalue weighted by atomic mass is 9.82. The number of amidine groups is 1. The Morgan fingerprint density at radius 2 is 1.41 bits per heavy atom. The van der Waals surface area contributed by atoms with Crippen molar-refractivity contribution in [3.05, 3.63) is 106 Å². The van der Waals surface area contributed by atoms with Crippen LogP contribution in [0.5, 0.6) is 0 Å². The van der Waals surface area contributed by atoms with Gasteiger partial charge < -0.3 is 5.11 Å². The van der Waals surface area contributed by atoms with Crippen LogP contribution in [0.4, 0.5) is 0 Å². The largest absolute Gasteiger partial charge is 0.366 e. The van der Waals surface area contributed by atoms with Crippen molar-refractivity contribution in [2.45, 2.75) is 11.3 Å². The molecule has 0 bridgehead atoms. The highest BCUT2D eigenvalue weighted by Gasteiger charge is 2.60. The second-order valence-corrected chi connectivity index (χ2v) is 8.95. The Morgan fingerprint density at radius 3 is 1.97 bits per heavy atom. The summed E-state index contributed by atoms with van der Waals surface area (Å²) in [5.74, 6) is 0.110. The van der Waals surface area contributed by atoms with Crippen LogP contribution in [-0.4, -0.2) is 26.8 Å². The van der Waals surface area contributed by atoms with Crippen LogP contribution in [0.25, 0.3) is 0 Å². The number of aliphatic imine (C=N–C) groups is 1. The zero-order valence-electron chi connectivity index (χ0n) is 15.3. The fourth-order valence-electron chi connectivity index (χ4n) is 3.97. The van der Waals surface area contributed by atoms with Gasteiger partial charge >= 0.3 is 0 Å². The minimum atomic E-state index is -1.44. The monoisotopic (exact) mass is 464 g/mol. The molecule has 3 aromatic carbocycles. The molecule has 2 aliphatic heterocycles. The van der Waals surface area contributed by atoms with Gasteiger partial charge in [0.25, 0.3) is 5.91 Å². The van der Waals surface area contributed by atoms with Crippen LogP contribution in [-0.2, 0) is 16.1 Å². The predicted molar refractivity (Wildman–Crippen MR) is 118 cm³/mol. The highest BCUT2D eigenvalue weighted by Crippen LogP contribution is 2.50. The molecule has 6 heteroatoms. The molecule has 0 radical (unpaired) electrons. The van der Waals surface area contributed by atoms with E-state index in [2.05, 4.69) is 15.9 Å². The summed E-state index contributed by atoms with van der Waals surface area (Å²) in [6.07, 6.45) is 0. The topological polar surface area (TPSA) is 52.9 Å². The van der Waals surface area contributed by atoms with Crippen LogP contribution in [0.1, 0.15) is 16.7 Å². The zero-order chi connectivity index (χ0) is 20.1. The molecule has 1 N–H and O–H groups in total. The molecule has 1 unspecified atom stereocenters. The number of hydrogen-bond acceptors (Lipinski definition) is 4. The minimum Gasteiger partial charge on any atom is -0.366 e. The van der Waals surface area contributed by atoms with Gasteiger partial charge in [-0.3, -0.25) is 9.69 Å². The summed E-state index contributed by atoms with van der Waals surface area (Å²) in [5.41, 5.74) is -0.390. The molecule has 1 amide bonds. The Labute approximate surface area is 181 Å². The van der Waals surface area contributed by atoms with Gasteiger partial charge in [0.15, 0.2) is 16.4 Å². The Bertz CT molecular complexity index is 1060. The van der Waals surface area contributed by atoms with Crippen molar-refractivity contribution in [1.29, 1.82) is 0 Å². The van der Waals surface area contributed by atoms with Crippen LogP contribution < -0.4 is 0 Å². The lowest BCUT2D eigenvalue weighted by Gasteiger charge is -2.34. The number of carbonyl (C=O) groups is 1. The van der Waals surface area contributed by atoms with Gasteiger partial charge in [-0.1, -0.05) is 100 Å². The standard InChI is InChI=1S/C23H17BrN2O2S/c24-19-13-11-16(12-14-19)22(28)15-29-21-25-23(20(27)26(21)22,17-7-3-1-4-8-17)18-9-5-2-6-10-18/h1-14,28H,15H2. The number of fused-ring (bicyclic) bond motifs is 1. The van der Waals surface area contributed by atoms with Gasteiger partial charge in [-0.15, -0.1) is 0 Å². The van der Waals surface area contributed by atoms with Crippen LogP contribution in [0, 0.1) is 0 Å². The summed E-state index contributed by atoms with van der Waals surface area (Å²) >= 11 is 4.84. The fraction of sp³-hybridized carbons (Fsp3) is 0.130. The highest BCUT2D eigenvalue weighted by molar-refractivity contribution is 9.10. The number of carbonyl (C=O) groups excluding carboxylic acids is 1. The van der Waals surface area contributed by atoms with E-state index in [4.69, 9.17) is 4.99 Å². The number of halogens is 1. The predicted octanol–water partition coefficient (Wildman–Crippen LogP) is 4.48. The second kappa shape index (κ2) is 6.83. The van der Waals surface area contributed by atoms with Crippen LogP contribution in [0.3, 0.4) is 0 Å². The van der Waals surface area contributed by atoms with E-state index in [1.54, 1.807) is 0 Å². The van der Waals surface area contributed by atoms with Gasteiger partial charge in [-0.2, -0.15) is 0 Å². The van der Waals surface area contributed by atoms with E-state index in [0.29, 0.717) is 16.5 Å². The number of nitrogens with zero attached hydrogens (tertiary/aromatic N) is 2. The lowest BCUT2D eigenvalue weighted by molar-refractivity contribution is -0.145. The van der Waals surface area contributed by atoms with Gasteiger partial charge in [-0.25, -0.2) is 4.99 Å². The summed E-state index contributed by atoms with van der Waals surface area (Å²) in [4.78, 5) is 20.4. The Morgan fingerprint density at radius 1 is 0.862 bits per heavy atom. The van der Waals surface area contributed by atoms with E-state index >= 15 is 0 Å². The molecule has 29 heavy (non-hydrogen) atoms. The fourth-order valence-corrected chi connectivity index (χ4v) is 5.43. The Balaban J connectivity index is 1.69. The van der Waals surface area contributed by atoms with Crippen molar-refractivity contribution < 1.29 is 9.90 Å².